The molecule has 2 fully saturated rings. The molecule has 5 heteroatoms. The number of likely N-dealkylation sites (tertiary alicyclic amines) is 1. The highest BCUT2D eigenvalue weighted by Crippen LogP contribution is 2.40. The van der Waals surface area contributed by atoms with Crippen molar-refractivity contribution in [2.24, 2.45) is 17.8 Å². The van der Waals surface area contributed by atoms with E-state index in [1.54, 1.807) is 4.90 Å². The lowest BCUT2D eigenvalue weighted by atomic mass is 9.74. The van der Waals surface area contributed by atoms with Gasteiger partial charge in [0.1, 0.15) is 5.60 Å². The van der Waals surface area contributed by atoms with Crippen molar-refractivity contribution in [3.8, 4) is 0 Å². The van der Waals surface area contributed by atoms with E-state index >= 15 is 0 Å². The van der Waals surface area contributed by atoms with Crippen LogP contribution in [0.5, 0.6) is 0 Å². The molecule has 1 aliphatic carbocycles. The quantitative estimate of drug-likeness (QED) is 0.793. The molecule has 2 aliphatic rings. The van der Waals surface area contributed by atoms with E-state index < -0.39 is 11.6 Å². The molecule has 0 radical (unpaired) electrons. The Morgan fingerprint density at radius 3 is 2.47 bits per heavy atom. The Morgan fingerprint density at radius 2 is 1.89 bits per heavy atom. The van der Waals surface area contributed by atoms with E-state index in [1.807, 2.05) is 20.8 Å². The first-order chi connectivity index (χ1) is 8.78. The number of carboxylic acids is 1. The van der Waals surface area contributed by atoms with Gasteiger partial charge in [0.2, 0.25) is 0 Å². The van der Waals surface area contributed by atoms with Crippen molar-refractivity contribution in [2.45, 2.75) is 45.6 Å². The molecule has 3 atom stereocenters. The summed E-state index contributed by atoms with van der Waals surface area (Å²) in [4.78, 5) is 25.0. The Labute approximate surface area is 113 Å². The SMILES string of the molecule is CC(C)(C)OC(=O)N1C[C@H]2CCC[C@@H](C(=O)O)[C@@H]2C1. The molecule has 1 N–H and O–H groups in total. The number of fused-ring (bicyclic) bond motifs is 1. The Hall–Kier alpha value is -1.26. The molecule has 1 aliphatic heterocycles. The zero-order valence-electron chi connectivity index (χ0n) is 11.9. The molecular formula is C14H23NO4. The molecule has 1 saturated heterocycles. The molecule has 0 aromatic heterocycles. The predicted octanol–water partition coefficient (Wildman–Crippen LogP) is 2.35. The average molecular weight is 269 g/mol. The smallest absolute Gasteiger partial charge is 0.410 e. The van der Waals surface area contributed by atoms with Crippen molar-refractivity contribution in [3.05, 3.63) is 0 Å². The Morgan fingerprint density at radius 1 is 1.21 bits per heavy atom. The Bertz CT molecular complexity index is 374. The number of aliphatic carboxylic acids is 1. The van der Waals surface area contributed by atoms with Gasteiger partial charge in [-0.25, -0.2) is 4.79 Å². The number of carboxylic acid groups (broad SMARTS) is 1. The zero-order chi connectivity index (χ0) is 14.2. The number of nitrogens with zero attached hydrogens (tertiary/aromatic N) is 1. The summed E-state index contributed by atoms with van der Waals surface area (Å²) in [6.07, 6.45) is 2.39. The second-order valence-electron chi connectivity index (χ2n) is 6.68. The molecule has 1 heterocycles. The molecule has 0 spiro atoms. The van der Waals surface area contributed by atoms with Gasteiger partial charge in [0.25, 0.3) is 0 Å². The Balaban J connectivity index is 2.01. The minimum absolute atomic E-state index is 0.0961. The van der Waals surface area contributed by atoms with E-state index in [-0.39, 0.29) is 17.9 Å². The van der Waals surface area contributed by atoms with Crippen LogP contribution in [0, 0.1) is 17.8 Å². The van der Waals surface area contributed by atoms with Crippen LogP contribution in [0.3, 0.4) is 0 Å². The number of carbonyl (C=O) groups excluding carboxylic acids is 1. The molecule has 19 heavy (non-hydrogen) atoms. The van der Waals surface area contributed by atoms with Crippen molar-refractivity contribution in [1.29, 1.82) is 0 Å². The van der Waals surface area contributed by atoms with Gasteiger partial charge < -0.3 is 14.7 Å². The van der Waals surface area contributed by atoms with Gasteiger partial charge in [-0.2, -0.15) is 0 Å². The lowest BCUT2D eigenvalue weighted by molar-refractivity contribution is -0.145. The second-order valence-corrected chi connectivity index (χ2v) is 6.68. The fourth-order valence-corrected chi connectivity index (χ4v) is 3.25. The fraction of sp³-hybridized carbons (Fsp3) is 0.857. The predicted molar refractivity (Wildman–Crippen MR) is 69.8 cm³/mol. The maximum absolute atomic E-state index is 12.0. The first-order valence-electron chi connectivity index (χ1n) is 6.98. The molecular weight excluding hydrogens is 246 g/mol. The van der Waals surface area contributed by atoms with Crippen LogP contribution in [-0.4, -0.2) is 40.8 Å². The van der Waals surface area contributed by atoms with Gasteiger partial charge in [-0.1, -0.05) is 6.42 Å². The van der Waals surface area contributed by atoms with E-state index in [2.05, 4.69) is 0 Å². The van der Waals surface area contributed by atoms with E-state index in [0.29, 0.717) is 19.0 Å². The second kappa shape index (κ2) is 5.02. The van der Waals surface area contributed by atoms with E-state index in [0.717, 1.165) is 19.3 Å². The van der Waals surface area contributed by atoms with Gasteiger partial charge >= 0.3 is 12.1 Å². The fourth-order valence-electron chi connectivity index (χ4n) is 3.25. The molecule has 0 aromatic rings. The number of ether oxygens (including phenoxy) is 1. The first kappa shape index (κ1) is 14.2. The van der Waals surface area contributed by atoms with Crippen molar-refractivity contribution in [2.75, 3.05) is 13.1 Å². The van der Waals surface area contributed by atoms with Gasteiger partial charge in [0.05, 0.1) is 5.92 Å². The normalized spacial score (nSPS) is 30.9. The summed E-state index contributed by atoms with van der Waals surface area (Å²) in [5, 5.41) is 9.26. The third-order valence-electron chi connectivity index (χ3n) is 4.07. The van der Waals surface area contributed by atoms with Gasteiger partial charge in [0.15, 0.2) is 0 Å². The van der Waals surface area contributed by atoms with Gasteiger partial charge in [-0.3, -0.25) is 4.79 Å². The molecule has 0 unspecified atom stereocenters. The first-order valence-corrected chi connectivity index (χ1v) is 6.98. The lowest BCUT2D eigenvalue weighted by Gasteiger charge is -2.29. The van der Waals surface area contributed by atoms with E-state index in [4.69, 9.17) is 4.74 Å². The van der Waals surface area contributed by atoms with Crippen LogP contribution in [0.2, 0.25) is 0 Å². The Kier molecular flexibility index (Phi) is 3.74. The van der Waals surface area contributed by atoms with Crippen molar-refractivity contribution < 1.29 is 19.4 Å². The number of hydrogen-bond donors (Lipinski definition) is 1. The topological polar surface area (TPSA) is 66.8 Å². The van der Waals surface area contributed by atoms with Crippen LogP contribution in [0.1, 0.15) is 40.0 Å². The summed E-state index contributed by atoms with van der Waals surface area (Å²) in [6.45, 7) is 6.69. The molecule has 5 nitrogen and oxygen atoms in total. The number of carbonyl (C=O) groups is 2. The highest BCUT2D eigenvalue weighted by atomic mass is 16.6. The van der Waals surface area contributed by atoms with Crippen LogP contribution >= 0.6 is 0 Å². The van der Waals surface area contributed by atoms with Crippen LogP contribution in [0.15, 0.2) is 0 Å². The summed E-state index contributed by atoms with van der Waals surface area (Å²) >= 11 is 0. The number of hydrogen-bond acceptors (Lipinski definition) is 3. The minimum Gasteiger partial charge on any atom is -0.481 e. The number of rotatable bonds is 1. The van der Waals surface area contributed by atoms with E-state index in [9.17, 15) is 14.7 Å². The minimum atomic E-state index is -0.722. The molecule has 0 aromatic carbocycles. The average Bonchev–Trinajstić information content (AvgIpc) is 2.69. The third kappa shape index (κ3) is 3.19. The summed E-state index contributed by atoms with van der Waals surface area (Å²) in [5.74, 6) is -0.604. The summed E-state index contributed by atoms with van der Waals surface area (Å²) in [5.41, 5.74) is -0.503. The highest BCUT2D eigenvalue weighted by molar-refractivity contribution is 5.72. The molecule has 0 bridgehead atoms. The standard InChI is InChI=1S/C14H23NO4/c1-14(2,3)19-13(18)15-7-9-5-4-6-10(12(16)17)11(9)8-15/h9-11H,4-8H2,1-3H3,(H,16,17)/t9-,10-,11-/m1/s1. The largest absolute Gasteiger partial charge is 0.481 e. The highest BCUT2D eigenvalue weighted by Gasteiger charge is 2.45. The molecule has 1 saturated carbocycles. The third-order valence-corrected chi connectivity index (χ3v) is 4.07. The maximum atomic E-state index is 12.0. The lowest BCUT2D eigenvalue weighted by Crippen LogP contribution is -2.36. The monoisotopic (exact) mass is 269 g/mol. The molecule has 1 amide bonds. The van der Waals surface area contributed by atoms with Crippen LogP contribution in [0.4, 0.5) is 4.79 Å². The maximum Gasteiger partial charge on any atom is 0.410 e. The van der Waals surface area contributed by atoms with Crippen LogP contribution in [0.25, 0.3) is 0 Å². The van der Waals surface area contributed by atoms with Crippen molar-refractivity contribution in [1.82, 2.24) is 4.90 Å². The number of amides is 1. The summed E-state index contributed by atoms with van der Waals surface area (Å²) in [7, 11) is 0. The van der Waals surface area contributed by atoms with Crippen LogP contribution in [-0.2, 0) is 9.53 Å². The van der Waals surface area contributed by atoms with Gasteiger partial charge in [-0.15, -0.1) is 0 Å². The van der Waals surface area contributed by atoms with Gasteiger partial charge in [-0.05, 0) is 45.4 Å². The van der Waals surface area contributed by atoms with E-state index in [1.165, 1.54) is 0 Å². The van der Waals surface area contributed by atoms with Crippen LogP contribution < -0.4 is 0 Å². The van der Waals surface area contributed by atoms with Crippen molar-refractivity contribution in [3.63, 3.8) is 0 Å². The molecule has 2 rings (SSSR count). The molecule has 108 valence electrons. The summed E-state index contributed by atoms with van der Waals surface area (Å²) in [6, 6.07) is 0. The van der Waals surface area contributed by atoms with Crippen molar-refractivity contribution >= 4 is 12.1 Å². The summed E-state index contributed by atoms with van der Waals surface area (Å²) < 4.78 is 5.36. The van der Waals surface area contributed by atoms with Gasteiger partial charge in [0, 0.05) is 13.1 Å². The zero-order valence-corrected chi connectivity index (χ0v) is 11.9.